The summed E-state index contributed by atoms with van der Waals surface area (Å²) in [6.07, 6.45) is 0. The van der Waals surface area contributed by atoms with E-state index in [1.165, 1.54) is 0 Å². The predicted octanol–water partition coefficient (Wildman–Crippen LogP) is 0.683. The molecule has 0 aromatic heterocycles. The quantitative estimate of drug-likeness (QED) is 0.737. The maximum absolute atomic E-state index is 5.99. The van der Waals surface area contributed by atoms with Crippen molar-refractivity contribution in [2.24, 2.45) is 0 Å². The van der Waals surface area contributed by atoms with Crippen LogP contribution in [0.2, 0.25) is 0 Å². The monoisotopic (exact) mass is 221 g/mol. The minimum atomic E-state index is 0.817. The Labute approximate surface area is 96.4 Å². The normalized spacial score (nSPS) is 17.3. The number of hydrogen-bond donors (Lipinski definition) is 2. The van der Waals surface area contributed by atoms with Gasteiger partial charge in [-0.1, -0.05) is 6.07 Å². The Balaban J connectivity index is 2.12. The fourth-order valence-corrected chi connectivity index (χ4v) is 2.04. The molecule has 1 aliphatic rings. The van der Waals surface area contributed by atoms with Gasteiger partial charge in [0.05, 0.1) is 7.11 Å². The van der Waals surface area contributed by atoms with Crippen LogP contribution in [0.5, 0.6) is 5.75 Å². The molecule has 88 valence electrons. The van der Waals surface area contributed by atoms with Gasteiger partial charge in [0.15, 0.2) is 0 Å². The van der Waals surface area contributed by atoms with Crippen molar-refractivity contribution >= 4 is 5.69 Å². The standard InChI is InChI=1S/C12H19N3O/c1-16-12-4-2-3-11(13)10(12)9-15-7-5-14-6-8-15/h2-4,14H,5-9,13H2,1H3. The molecular formula is C12H19N3O. The lowest BCUT2D eigenvalue weighted by atomic mass is 10.1. The van der Waals surface area contributed by atoms with Gasteiger partial charge >= 0.3 is 0 Å². The van der Waals surface area contributed by atoms with Crippen LogP contribution in [-0.4, -0.2) is 38.2 Å². The number of anilines is 1. The molecule has 0 amide bonds. The number of nitrogen functional groups attached to an aromatic ring is 1. The van der Waals surface area contributed by atoms with Crippen LogP contribution in [0, 0.1) is 0 Å². The second kappa shape index (κ2) is 5.18. The summed E-state index contributed by atoms with van der Waals surface area (Å²) in [5.74, 6) is 0.888. The number of piperazine rings is 1. The topological polar surface area (TPSA) is 50.5 Å². The van der Waals surface area contributed by atoms with Crippen LogP contribution < -0.4 is 15.8 Å². The summed E-state index contributed by atoms with van der Waals surface area (Å²) >= 11 is 0. The van der Waals surface area contributed by atoms with E-state index in [0.717, 1.165) is 49.7 Å². The molecule has 0 unspecified atom stereocenters. The molecule has 0 bridgehead atoms. The van der Waals surface area contributed by atoms with Gasteiger partial charge in [0.2, 0.25) is 0 Å². The molecule has 1 heterocycles. The van der Waals surface area contributed by atoms with E-state index in [1.54, 1.807) is 7.11 Å². The summed E-state index contributed by atoms with van der Waals surface area (Å²) in [6, 6.07) is 5.82. The van der Waals surface area contributed by atoms with E-state index in [9.17, 15) is 0 Å². The van der Waals surface area contributed by atoms with Crippen molar-refractivity contribution in [1.29, 1.82) is 0 Å². The molecule has 1 fully saturated rings. The van der Waals surface area contributed by atoms with E-state index in [-0.39, 0.29) is 0 Å². The molecular weight excluding hydrogens is 202 g/mol. The molecule has 0 atom stereocenters. The molecule has 1 aromatic carbocycles. The largest absolute Gasteiger partial charge is 0.496 e. The van der Waals surface area contributed by atoms with Crippen molar-refractivity contribution < 1.29 is 4.74 Å². The molecule has 0 saturated carbocycles. The Hall–Kier alpha value is -1.26. The molecule has 16 heavy (non-hydrogen) atoms. The zero-order valence-corrected chi connectivity index (χ0v) is 9.70. The fourth-order valence-electron chi connectivity index (χ4n) is 2.04. The molecule has 2 rings (SSSR count). The summed E-state index contributed by atoms with van der Waals surface area (Å²) in [6.45, 7) is 5.11. The molecule has 1 aliphatic heterocycles. The lowest BCUT2D eigenvalue weighted by Crippen LogP contribution is -2.43. The summed E-state index contributed by atoms with van der Waals surface area (Å²) in [5, 5.41) is 3.34. The SMILES string of the molecule is COc1cccc(N)c1CN1CCNCC1. The van der Waals surface area contributed by atoms with Crippen LogP contribution in [0.1, 0.15) is 5.56 Å². The zero-order valence-electron chi connectivity index (χ0n) is 9.70. The third-order valence-electron chi connectivity index (χ3n) is 2.98. The number of hydrogen-bond acceptors (Lipinski definition) is 4. The van der Waals surface area contributed by atoms with Crippen LogP contribution in [0.15, 0.2) is 18.2 Å². The van der Waals surface area contributed by atoms with E-state index in [0.29, 0.717) is 0 Å². The maximum Gasteiger partial charge on any atom is 0.125 e. The number of rotatable bonds is 3. The number of nitrogens with two attached hydrogens (primary N) is 1. The summed E-state index contributed by atoms with van der Waals surface area (Å²) in [4.78, 5) is 2.39. The highest BCUT2D eigenvalue weighted by atomic mass is 16.5. The maximum atomic E-state index is 5.99. The Morgan fingerprint density at radius 2 is 2.12 bits per heavy atom. The number of methoxy groups -OCH3 is 1. The highest BCUT2D eigenvalue weighted by molar-refractivity contribution is 5.54. The molecule has 1 saturated heterocycles. The lowest BCUT2D eigenvalue weighted by molar-refractivity contribution is 0.230. The van der Waals surface area contributed by atoms with Crippen molar-refractivity contribution in [3.05, 3.63) is 23.8 Å². The van der Waals surface area contributed by atoms with Crippen molar-refractivity contribution in [2.45, 2.75) is 6.54 Å². The third-order valence-corrected chi connectivity index (χ3v) is 2.98. The lowest BCUT2D eigenvalue weighted by Gasteiger charge is -2.28. The molecule has 3 N–H and O–H groups in total. The van der Waals surface area contributed by atoms with Gasteiger partial charge in [-0.3, -0.25) is 4.90 Å². The van der Waals surface area contributed by atoms with Gasteiger partial charge in [-0.25, -0.2) is 0 Å². The number of nitrogens with one attached hydrogen (secondary N) is 1. The molecule has 0 radical (unpaired) electrons. The fraction of sp³-hybridized carbons (Fsp3) is 0.500. The van der Waals surface area contributed by atoms with E-state index >= 15 is 0 Å². The number of ether oxygens (including phenoxy) is 1. The Morgan fingerprint density at radius 3 is 2.81 bits per heavy atom. The first-order valence-corrected chi connectivity index (χ1v) is 5.65. The van der Waals surface area contributed by atoms with E-state index in [4.69, 9.17) is 10.5 Å². The Bertz CT molecular complexity index is 348. The molecule has 4 heteroatoms. The smallest absolute Gasteiger partial charge is 0.125 e. The van der Waals surface area contributed by atoms with Crippen LogP contribution in [0.4, 0.5) is 5.69 Å². The first-order valence-electron chi connectivity index (χ1n) is 5.65. The third kappa shape index (κ3) is 2.46. The van der Waals surface area contributed by atoms with Gasteiger partial charge in [0.1, 0.15) is 5.75 Å². The minimum Gasteiger partial charge on any atom is -0.496 e. The molecule has 4 nitrogen and oxygen atoms in total. The van der Waals surface area contributed by atoms with Gasteiger partial charge in [-0.2, -0.15) is 0 Å². The summed E-state index contributed by atoms with van der Waals surface area (Å²) in [7, 11) is 1.69. The predicted molar refractivity (Wildman–Crippen MR) is 65.6 cm³/mol. The second-order valence-electron chi connectivity index (χ2n) is 4.05. The van der Waals surface area contributed by atoms with E-state index in [1.807, 2.05) is 18.2 Å². The highest BCUT2D eigenvalue weighted by Gasteiger charge is 2.14. The van der Waals surface area contributed by atoms with Crippen LogP contribution in [0.3, 0.4) is 0 Å². The highest BCUT2D eigenvalue weighted by Crippen LogP contribution is 2.25. The van der Waals surface area contributed by atoms with Gasteiger partial charge in [0.25, 0.3) is 0 Å². The van der Waals surface area contributed by atoms with Crippen molar-refractivity contribution in [1.82, 2.24) is 10.2 Å². The zero-order chi connectivity index (χ0) is 11.4. The average Bonchev–Trinajstić information content (AvgIpc) is 2.33. The first kappa shape index (κ1) is 11.2. The van der Waals surface area contributed by atoms with Gasteiger partial charge in [0, 0.05) is 44.0 Å². The van der Waals surface area contributed by atoms with Crippen LogP contribution >= 0.6 is 0 Å². The number of benzene rings is 1. The van der Waals surface area contributed by atoms with E-state index in [2.05, 4.69) is 10.2 Å². The van der Waals surface area contributed by atoms with Gasteiger partial charge in [-0.05, 0) is 12.1 Å². The number of nitrogens with zero attached hydrogens (tertiary/aromatic N) is 1. The molecule has 1 aromatic rings. The summed E-state index contributed by atoms with van der Waals surface area (Å²) < 4.78 is 5.35. The molecule has 0 aliphatic carbocycles. The van der Waals surface area contributed by atoms with Crippen LogP contribution in [0.25, 0.3) is 0 Å². The van der Waals surface area contributed by atoms with Gasteiger partial charge < -0.3 is 15.8 Å². The van der Waals surface area contributed by atoms with E-state index < -0.39 is 0 Å². The Morgan fingerprint density at radius 1 is 1.38 bits per heavy atom. The van der Waals surface area contributed by atoms with Crippen molar-refractivity contribution in [3.8, 4) is 5.75 Å². The van der Waals surface area contributed by atoms with Crippen LogP contribution in [-0.2, 0) is 6.54 Å². The summed E-state index contributed by atoms with van der Waals surface area (Å²) in [5.41, 5.74) is 7.91. The Kier molecular flexibility index (Phi) is 3.64. The second-order valence-corrected chi connectivity index (χ2v) is 4.05. The van der Waals surface area contributed by atoms with Crippen molar-refractivity contribution in [3.63, 3.8) is 0 Å². The first-order chi connectivity index (χ1) is 7.81. The van der Waals surface area contributed by atoms with Gasteiger partial charge in [-0.15, -0.1) is 0 Å². The average molecular weight is 221 g/mol. The van der Waals surface area contributed by atoms with Crippen molar-refractivity contribution in [2.75, 3.05) is 39.0 Å². The molecule has 0 spiro atoms. The minimum absolute atomic E-state index is 0.817.